The highest BCUT2D eigenvalue weighted by Gasteiger charge is 1.63. The Kier molecular flexibility index (Phi) is 13.2. The van der Waals surface area contributed by atoms with Crippen molar-refractivity contribution in [1.29, 1.82) is 0 Å². The second-order valence-corrected chi connectivity index (χ2v) is 2.01. The number of hydrogen-bond acceptors (Lipinski definition) is 0. The van der Waals surface area contributed by atoms with E-state index in [0.717, 1.165) is 5.57 Å². The van der Waals surface area contributed by atoms with Crippen LogP contribution in [0.3, 0.4) is 0 Å². The lowest BCUT2D eigenvalue weighted by molar-refractivity contribution is 1.54. The molecular formula is C10H18. The van der Waals surface area contributed by atoms with E-state index in [1.807, 2.05) is 52.0 Å². The van der Waals surface area contributed by atoms with Gasteiger partial charge in [-0.05, 0) is 27.7 Å². The van der Waals surface area contributed by atoms with Crippen LogP contribution in [-0.2, 0) is 0 Å². The van der Waals surface area contributed by atoms with Crippen molar-refractivity contribution in [3.8, 4) is 0 Å². The first-order chi connectivity index (χ1) is 4.68. The second-order valence-electron chi connectivity index (χ2n) is 2.01. The van der Waals surface area contributed by atoms with Gasteiger partial charge in [0.25, 0.3) is 0 Å². The number of allylic oxidation sites excluding steroid dienone is 5. The van der Waals surface area contributed by atoms with Gasteiger partial charge in [-0.15, -0.1) is 0 Å². The molecule has 0 atom stereocenters. The molecule has 0 heteroatoms. The molecule has 58 valence electrons. The minimum Gasteiger partial charge on any atom is -0.0961 e. The molecular weight excluding hydrogens is 120 g/mol. The van der Waals surface area contributed by atoms with Gasteiger partial charge in [0.05, 0.1) is 0 Å². The van der Waals surface area contributed by atoms with Gasteiger partial charge in [-0.2, -0.15) is 0 Å². The first-order valence-electron chi connectivity index (χ1n) is 3.54. The summed E-state index contributed by atoms with van der Waals surface area (Å²) in [7, 11) is 0. The molecule has 0 rings (SSSR count). The van der Waals surface area contributed by atoms with Crippen LogP contribution in [0.2, 0.25) is 0 Å². The van der Waals surface area contributed by atoms with Crippen LogP contribution in [0.1, 0.15) is 27.7 Å². The molecule has 0 radical (unpaired) electrons. The molecule has 0 N–H and O–H groups in total. The Labute approximate surface area is 65.0 Å². The minimum absolute atomic E-state index is 1.11. The molecule has 0 fully saturated rings. The summed E-state index contributed by atoms with van der Waals surface area (Å²) in [4.78, 5) is 0. The van der Waals surface area contributed by atoms with Crippen molar-refractivity contribution in [2.45, 2.75) is 27.7 Å². The lowest BCUT2D eigenvalue weighted by Gasteiger charge is -1.75. The van der Waals surface area contributed by atoms with Crippen LogP contribution < -0.4 is 0 Å². The second kappa shape index (κ2) is 11.1. The fourth-order valence-electron chi connectivity index (χ4n) is 0.285. The maximum Gasteiger partial charge on any atom is -0.0404 e. The molecule has 0 spiro atoms. The Morgan fingerprint density at radius 2 is 1.40 bits per heavy atom. The summed E-state index contributed by atoms with van der Waals surface area (Å²) >= 11 is 0. The third kappa shape index (κ3) is 26.9. The maximum absolute atomic E-state index is 3.66. The third-order valence-corrected chi connectivity index (χ3v) is 0.785. The Morgan fingerprint density at radius 3 is 1.40 bits per heavy atom. The van der Waals surface area contributed by atoms with Gasteiger partial charge in [0, 0.05) is 0 Å². The van der Waals surface area contributed by atoms with Gasteiger partial charge in [0.1, 0.15) is 0 Å². The molecule has 0 aliphatic heterocycles. The summed E-state index contributed by atoms with van der Waals surface area (Å²) in [6, 6.07) is 0. The van der Waals surface area contributed by atoms with E-state index in [4.69, 9.17) is 0 Å². The predicted molar refractivity (Wildman–Crippen MR) is 50.1 cm³/mol. The van der Waals surface area contributed by atoms with Crippen molar-refractivity contribution in [2.24, 2.45) is 0 Å². The van der Waals surface area contributed by atoms with Gasteiger partial charge < -0.3 is 0 Å². The van der Waals surface area contributed by atoms with Crippen LogP contribution in [0.15, 0.2) is 36.5 Å². The van der Waals surface area contributed by atoms with E-state index >= 15 is 0 Å². The number of rotatable bonds is 1. The first-order valence-corrected chi connectivity index (χ1v) is 3.54. The monoisotopic (exact) mass is 138 g/mol. The van der Waals surface area contributed by atoms with Gasteiger partial charge in [-0.3, -0.25) is 0 Å². The maximum atomic E-state index is 3.66. The summed E-state index contributed by atoms with van der Waals surface area (Å²) in [6.07, 6.45) is 7.95. The first kappa shape index (κ1) is 12.0. The molecule has 0 aromatic rings. The fraction of sp³-hybridized carbons (Fsp3) is 0.400. The quantitative estimate of drug-likeness (QED) is 0.382. The van der Waals surface area contributed by atoms with Gasteiger partial charge in [-0.25, -0.2) is 0 Å². The Morgan fingerprint density at radius 1 is 1.00 bits per heavy atom. The molecule has 0 unspecified atom stereocenters. The standard InChI is InChI=1S/C6H10.C4H8/c1-4-5-6(2)3;1-3-4-2/h4-5H,2H2,1,3H3;3-4H,1-2H3/b5-4+;4-3-. The zero-order valence-corrected chi connectivity index (χ0v) is 7.52. The molecule has 0 saturated heterocycles. The summed E-state index contributed by atoms with van der Waals surface area (Å²) in [5, 5.41) is 0. The van der Waals surface area contributed by atoms with Crippen molar-refractivity contribution < 1.29 is 0 Å². The highest BCUT2D eigenvalue weighted by atomic mass is 13.7. The largest absolute Gasteiger partial charge is 0.0961 e. The molecule has 0 aromatic carbocycles. The van der Waals surface area contributed by atoms with E-state index in [9.17, 15) is 0 Å². The molecule has 0 bridgehead atoms. The molecule has 10 heavy (non-hydrogen) atoms. The Bertz CT molecular complexity index is 112. The van der Waals surface area contributed by atoms with Crippen molar-refractivity contribution in [1.82, 2.24) is 0 Å². The van der Waals surface area contributed by atoms with E-state index in [0.29, 0.717) is 0 Å². The van der Waals surface area contributed by atoms with Crippen molar-refractivity contribution in [2.75, 3.05) is 0 Å². The molecule has 0 nitrogen and oxygen atoms in total. The van der Waals surface area contributed by atoms with Gasteiger partial charge in [-0.1, -0.05) is 36.5 Å². The summed E-state index contributed by atoms with van der Waals surface area (Å²) in [6.45, 7) is 11.6. The Balaban J connectivity index is 0. The molecule has 0 heterocycles. The zero-order chi connectivity index (χ0) is 8.41. The fourth-order valence-corrected chi connectivity index (χ4v) is 0.285. The predicted octanol–water partition coefficient (Wildman–Crippen LogP) is 3.72. The smallest absolute Gasteiger partial charge is 0.0404 e. The molecule has 0 saturated carbocycles. The van der Waals surface area contributed by atoms with Gasteiger partial charge >= 0.3 is 0 Å². The molecule has 0 amide bonds. The van der Waals surface area contributed by atoms with E-state index in [1.165, 1.54) is 0 Å². The average Bonchev–Trinajstić information content (AvgIpc) is 1.89. The average molecular weight is 138 g/mol. The highest BCUT2D eigenvalue weighted by Crippen LogP contribution is 1.85. The minimum atomic E-state index is 1.11. The van der Waals surface area contributed by atoms with E-state index in [-0.39, 0.29) is 0 Å². The van der Waals surface area contributed by atoms with Crippen LogP contribution in [0.4, 0.5) is 0 Å². The van der Waals surface area contributed by atoms with Gasteiger partial charge in [0.2, 0.25) is 0 Å². The van der Waals surface area contributed by atoms with Gasteiger partial charge in [0.15, 0.2) is 0 Å². The topological polar surface area (TPSA) is 0 Å². The van der Waals surface area contributed by atoms with Crippen LogP contribution in [0.25, 0.3) is 0 Å². The van der Waals surface area contributed by atoms with Crippen LogP contribution in [-0.4, -0.2) is 0 Å². The summed E-state index contributed by atoms with van der Waals surface area (Å²) < 4.78 is 0. The number of hydrogen-bond donors (Lipinski definition) is 0. The van der Waals surface area contributed by atoms with E-state index in [1.54, 1.807) is 0 Å². The molecule has 0 aliphatic carbocycles. The van der Waals surface area contributed by atoms with Crippen LogP contribution >= 0.6 is 0 Å². The zero-order valence-electron chi connectivity index (χ0n) is 7.52. The molecule has 0 aromatic heterocycles. The van der Waals surface area contributed by atoms with Crippen LogP contribution in [0.5, 0.6) is 0 Å². The van der Waals surface area contributed by atoms with Crippen LogP contribution in [0, 0.1) is 0 Å². The van der Waals surface area contributed by atoms with Crippen molar-refractivity contribution >= 4 is 0 Å². The lowest BCUT2D eigenvalue weighted by Crippen LogP contribution is -1.54. The Hall–Kier alpha value is -0.780. The normalized spacial score (nSPS) is 9.60. The van der Waals surface area contributed by atoms with Crippen molar-refractivity contribution in [3.05, 3.63) is 36.5 Å². The van der Waals surface area contributed by atoms with E-state index in [2.05, 4.69) is 6.58 Å². The lowest BCUT2D eigenvalue weighted by atomic mass is 10.3. The highest BCUT2D eigenvalue weighted by molar-refractivity contribution is 5.09. The summed E-state index contributed by atoms with van der Waals surface area (Å²) in [5.41, 5.74) is 1.11. The molecule has 0 aliphatic rings. The SMILES string of the molecule is C/C=C\C.C=C(C)/C=C/C. The van der Waals surface area contributed by atoms with Crippen molar-refractivity contribution in [3.63, 3.8) is 0 Å². The summed E-state index contributed by atoms with van der Waals surface area (Å²) in [5.74, 6) is 0. The van der Waals surface area contributed by atoms with E-state index < -0.39 is 0 Å². The third-order valence-electron chi connectivity index (χ3n) is 0.785.